The third kappa shape index (κ3) is 3.49. The Hall–Kier alpha value is -1.76. The van der Waals surface area contributed by atoms with Crippen LogP contribution in [0.4, 0.5) is 13.2 Å². The molecular formula is C16H18F3N5O2S2. The van der Waals surface area contributed by atoms with Gasteiger partial charge in [-0.15, -0.1) is 0 Å². The molecule has 2 heterocycles. The Morgan fingerprint density at radius 3 is 2.39 bits per heavy atom. The van der Waals surface area contributed by atoms with Gasteiger partial charge in [-0.3, -0.25) is 4.90 Å². The van der Waals surface area contributed by atoms with Gasteiger partial charge in [-0.05, 0) is 37.2 Å². The van der Waals surface area contributed by atoms with E-state index in [0.29, 0.717) is 36.6 Å². The molecule has 0 radical (unpaired) electrons. The molecule has 0 bridgehead atoms. The second kappa shape index (κ2) is 7.25. The number of nitrogens with zero attached hydrogens (tertiary/aromatic N) is 5. The minimum Gasteiger partial charge on any atom is -0.303 e. The normalized spacial score (nSPS) is 19.2. The number of hydrogen-bond acceptors (Lipinski definition) is 5. The Balaban J connectivity index is 1.44. The highest BCUT2D eigenvalue weighted by Gasteiger charge is 2.33. The van der Waals surface area contributed by atoms with Gasteiger partial charge in [0.25, 0.3) is 0 Å². The lowest BCUT2D eigenvalue weighted by Crippen LogP contribution is -2.49. The Kier molecular flexibility index (Phi) is 5.06. The summed E-state index contributed by atoms with van der Waals surface area (Å²) in [5, 5.41) is 4.29. The maximum Gasteiger partial charge on any atom is 0.246 e. The van der Waals surface area contributed by atoms with Crippen LogP contribution in [0.2, 0.25) is 0 Å². The molecule has 28 heavy (non-hydrogen) atoms. The summed E-state index contributed by atoms with van der Waals surface area (Å²) in [7, 11) is -4.26. The monoisotopic (exact) mass is 433 g/mol. The van der Waals surface area contributed by atoms with Crippen LogP contribution in [0.25, 0.3) is 0 Å². The molecule has 1 saturated heterocycles. The molecule has 1 aromatic carbocycles. The van der Waals surface area contributed by atoms with Crippen LogP contribution >= 0.6 is 12.2 Å². The SMILES string of the molecule is O=S(=O)(c1ccc(F)c(F)c1F)N1CCN(Cn2ncn(C3CC3)c2=S)CC1. The molecule has 7 nitrogen and oxygen atoms in total. The number of hydrogen-bond donors (Lipinski definition) is 0. The van der Waals surface area contributed by atoms with Crippen molar-refractivity contribution >= 4 is 22.2 Å². The zero-order valence-electron chi connectivity index (χ0n) is 14.8. The molecule has 1 aliphatic carbocycles. The fourth-order valence-corrected chi connectivity index (χ4v) is 4.98. The van der Waals surface area contributed by atoms with E-state index in [0.717, 1.165) is 23.2 Å². The van der Waals surface area contributed by atoms with Crippen LogP contribution in [0, 0.1) is 22.2 Å². The van der Waals surface area contributed by atoms with Crippen molar-refractivity contribution in [3.63, 3.8) is 0 Å². The second-order valence-electron chi connectivity index (χ2n) is 6.89. The fourth-order valence-electron chi connectivity index (χ4n) is 3.20. The lowest BCUT2D eigenvalue weighted by Gasteiger charge is -2.33. The number of halogens is 3. The van der Waals surface area contributed by atoms with Crippen molar-refractivity contribution in [3.05, 3.63) is 40.7 Å². The minimum absolute atomic E-state index is 0.0947. The third-order valence-corrected chi connectivity index (χ3v) is 7.32. The fraction of sp³-hybridized carbons (Fsp3) is 0.500. The number of sulfonamides is 1. The zero-order valence-corrected chi connectivity index (χ0v) is 16.4. The van der Waals surface area contributed by atoms with E-state index in [1.165, 1.54) is 0 Å². The van der Waals surface area contributed by atoms with Gasteiger partial charge in [0.15, 0.2) is 22.2 Å². The molecule has 12 heteroatoms. The molecule has 0 unspecified atom stereocenters. The van der Waals surface area contributed by atoms with E-state index in [4.69, 9.17) is 12.2 Å². The maximum absolute atomic E-state index is 13.9. The van der Waals surface area contributed by atoms with Crippen molar-refractivity contribution in [1.29, 1.82) is 0 Å². The predicted octanol–water partition coefficient (Wildman–Crippen LogP) is 2.13. The van der Waals surface area contributed by atoms with E-state index in [-0.39, 0.29) is 13.1 Å². The van der Waals surface area contributed by atoms with Gasteiger partial charge in [0.2, 0.25) is 10.0 Å². The molecule has 4 rings (SSSR count). The van der Waals surface area contributed by atoms with Gasteiger partial charge in [0.1, 0.15) is 11.2 Å². The van der Waals surface area contributed by atoms with E-state index in [1.807, 2.05) is 9.47 Å². The topological polar surface area (TPSA) is 63.4 Å². The van der Waals surface area contributed by atoms with Gasteiger partial charge in [-0.25, -0.2) is 26.3 Å². The lowest BCUT2D eigenvalue weighted by atomic mass is 10.3. The first-order valence-corrected chi connectivity index (χ1v) is 10.6. The van der Waals surface area contributed by atoms with Crippen LogP contribution in [0.5, 0.6) is 0 Å². The summed E-state index contributed by atoms with van der Waals surface area (Å²) < 4.78 is 71.0. The van der Waals surface area contributed by atoms with E-state index in [2.05, 4.69) is 5.10 Å². The molecule has 0 spiro atoms. The first-order valence-electron chi connectivity index (χ1n) is 8.79. The molecule has 1 aliphatic heterocycles. The summed E-state index contributed by atoms with van der Waals surface area (Å²) in [6.07, 6.45) is 3.90. The molecule has 1 aromatic heterocycles. The van der Waals surface area contributed by atoms with Crippen molar-refractivity contribution in [2.75, 3.05) is 26.2 Å². The smallest absolute Gasteiger partial charge is 0.246 e. The van der Waals surface area contributed by atoms with Crippen molar-refractivity contribution < 1.29 is 21.6 Å². The first-order chi connectivity index (χ1) is 13.3. The van der Waals surface area contributed by atoms with Crippen LogP contribution in [0.3, 0.4) is 0 Å². The molecule has 1 saturated carbocycles. The van der Waals surface area contributed by atoms with Gasteiger partial charge in [-0.2, -0.15) is 9.40 Å². The van der Waals surface area contributed by atoms with Gasteiger partial charge in [-0.1, -0.05) is 0 Å². The summed E-state index contributed by atoms with van der Waals surface area (Å²) in [6.45, 7) is 1.37. The third-order valence-electron chi connectivity index (χ3n) is 4.98. The summed E-state index contributed by atoms with van der Waals surface area (Å²) in [5.41, 5.74) is 0. The molecule has 2 fully saturated rings. The molecule has 0 amide bonds. The minimum atomic E-state index is -4.26. The van der Waals surface area contributed by atoms with Crippen molar-refractivity contribution in [3.8, 4) is 0 Å². The number of benzene rings is 1. The van der Waals surface area contributed by atoms with E-state index >= 15 is 0 Å². The summed E-state index contributed by atoms with van der Waals surface area (Å²) in [5.74, 6) is -4.91. The average molecular weight is 433 g/mol. The second-order valence-corrected chi connectivity index (χ2v) is 9.16. The van der Waals surface area contributed by atoms with Gasteiger partial charge < -0.3 is 4.57 Å². The summed E-state index contributed by atoms with van der Waals surface area (Å²) >= 11 is 5.42. The Bertz CT molecular complexity index is 1060. The van der Waals surface area contributed by atoms with E-state index in [1.54, 1.807) is 11.0 Å². The van der Waals surface area contributed by atoms with E-state index in [9.17, 15) is 21.6 Å². The number of rotatable bonds is 5. The average Bonchev–Trinajstić information content (AvgIpc) is 3.45. The summed E-state index contributed by atoms with van der Waals surface area (Å²) in [4.78, 5) is 1.12. The molecule has 2 aromatic rings. The highest BCUT2D eigenvalue weighted by Crippen LogP contribution is 2.34. The zero-order chi connectivity index (χ0) is 20.1. The summed E-state index contributed by atoms with van der Waals surface area (Å²) in [6, 6.07) is 1.79. The Morgan fingerprint density at radius 2 is 1.75 bits per heavy atom. The molecule has 0 N–H and O–H groups in total. The van der Waals surface area contributed by atoms with Crippen molar-refractivity contribution in [1.82, 2.24) is 23.6 Å². The highest BCUT2D eigenvalue weighted by molar-refractivity contribution is 7.89. The van der Waals surface area contributed by atoms with Crippen molar-refractivity contribution in [2.45, 2.75) is 30.4 Å². The van der Waals surface area contributed by atoms with Gasteiger partial charge in [0, 0.05) is 32.2 Å². The number of aromatic nitrogens is 3. The van der Waals surface area contributed by atoms with Crippen LogP contribution in [0.1, 0.15) is 18.9 Å². The largest absolute Gasteiger partial charge is 0.303 e. The highest BCUT2D eigenvalue weighted by atomic mass is 32.2. The first kappa shape index (κ1) is 19.6. The van der Waals surface area contributed by atoms with Crippen LogP contribution in [0.15, 0.2) is 23.4 Å². The Morgan fingerprint density at radius 1 is 1.07 bits per heavy atom. The number of piperazine rings is 1. The quantitative estimate of drug-likeness (QED) is 0.534. The van der Waals surface area contributed by atoms with Crippen molar-refractivity contribution in [2.24, 2.45) is 0 Å². The Labute approximate surface area is 165 Å². The standard InChI is InChI=1S/C16H18F3N5O2S2/c17-12-3-4-13(15(19)14(12)18)28(25,26)22-7-5-21(6-8-22)10-24-16(27)23(9-20-24)11-1-2-11/h3-4,9,11H,1-2,5-8,10H2. The maximum atomic E-state index is 13.9. The molecule has 2 aliphatic rings. The van der Waals surface area contributed by atoms with Gasteiger partial charge in [0.05, 0.1) is 6.67 Å². The van der Waals surface area contributed by atoms with Crippen LogP contribution < -0.4 is 0 Å². The predicted molar refractivity (Wildman–Crippen MR) is 96.0 cm³/mol. The van der Waals surface area contributed by atoms with E-state index < -0.39 is 32.4 Å². The molecule has 152 valence electrons. The van der Waals surface area contributed by atoms with Crippen LogP contribution in [-0.2, 0) is 16.7 Å². The van der Waals surface area contributed by atoms with Crippen LogP contribution in [-0.4, -0.2) is 58.1 Å². The molecular weight excluding hydrogens is 415 g/mol. The van der Waals surface area contributed by atoms with Gasteiger partial charge >= 0.3 is 0 Å². The lowest BCUT2D eigenvalue weighted by molar-refractivity contribution is 0.144. The molecule has 0 atom stereocenters.